The number of ether oxygens (including phenoxy) is 1. The third-order valence-electron chi connectivity index (χ3n) is 8.45. The van der Waals surface area contributed by atoms with E-state index in [9.17, 15) is 9.59 Å². The first kappa shape index (κ1) is 30.6. The molecule has 2 heterocycles. The lowest BCUT2D eigenvalue weighted by Crippen LogP contribution is -2.38. The molecule has 0 bridgehead atoms. The number of hydrogen-bond donors (Lipinski definition) is 3. The Morgan fingerprint density at radius 1 is 0.837 bits per heavy atom. The van der Waals surface area contributed by atoms with Crippen molar-refractivity contribution in [2.45, 2.75) is 39.0 Å². The van der Waals surface area contributed by atoms with Gasteiger partial charge in [-0.15, -0.1) is 0 Å². The fourth-order valence-electron chi connectivity index (χ4n) is 5.98. The molecule has 0 saturated carbocycles. The maximum absolute atomic E-state index is 13.6. The van der Waals surface area contributed by atoms with Gasteiger partial charge in [0.05, 0.1) is 18.8 Å². The lowest BCUT2D eigenvalue weighted by molar-refractivity contribution is 0.0374. The number of aryl methyl sites for hydroxylation is 1. The van der Waals surface area contributed by atoms with Gasteiger partial charge in [-0.3, -0.25) is 9.69 Å². The van der Waals surface area contributed by atoms with Crippen LogP contribution in [-0.4, -0.2) is 69.3 Å². The molecule has 2 fully saturated rings. The summed E-state index contributed by atoms with van der Waals surface area (Å²) in [4.78, 5) is 31.1. The summed E-state index contributed by atoms with van der Waals surface area (Å²) in [6.45, 7) is 8.85. The average Bonchev–Trinajstić information content (AvgIpc) is 3.04. The number of morpholine rings is 1. The summed E-state index contributed by atoms with van der Waals surface area (Å²) in [6, 6.07) is 23.9. The molecule has 3 N–H and O–H groups in total. The first-order valence-corrected chi connectivity index (χ1v) is 15.8. The Hall–Kier alpha value is -3.88. The van der Waals surface area contributed by atoms with Crippen molar-refractivity contribution >= 4 is 29.0 Å². The zero-order valence-corrected chi connectivity index (χ0v) is 25.3. The summed E-state index contributed by atoms with van der Waals surface area (Å²) in [5, 5.41) is 8.99. The molecule has 0 aliphatic carbocycles. The van der Waals surface area contributed by atoms with Crippen molar-refractivity contribution in [1.82, 2.24) is 10.2 Å². The Morgan fingerprint density at radius 2 is 1.56 bits per heavy atom. The fraction of sp³-hybridized carbons (Fsp3) is 0.429. The van der Waals surface area contributed by atoms with Gasteiger partial charge in [-0.1, -0.05) is 49.4 Å². The Labute approximate surface area is 255 Å². The van der Waals surface area contributed by atoms with Crippen LogP contribution in [0.5, 0.6) is 0 Å². The van der Waals surface area contributed by atoms with E-state index in [-0.39, 0.29) is 11.9 Å². The van der Waals surface area contributed by atoms with Crippen molar-refractivity contribution < 1.29 is 14.3 Å². The third-order valence-corrected chi connectivity index (χ3v) is 8.45. The highest BCUT2D eigenvalue weighted by atomic mass is 16.5. The van der Waals surface area contributed by atoms with Gasteiger partial charge in [0.2, 0.25) is 0 Å². The van der Waals surface area contributed by atoms with Gasteiger partial charge < -0.3 is 25.6 Å². The Kier molecular flexibility index (Phi) is 11.1. The maximum Gasteiger partial charge on any atom is 0.323 e. The topological polar surface area (TPSA) is 85.9 Å². The Bertz CT molecular complexity index is 1330. The molecule has 43 heavy (non-hydrogen) atoms. The van der Waals surface area contributed by atoms with Crippen molar-refractivity contribution in [3.05, 3.63) is 89.5 Å². The van der Waals surface area contributed by atoms with Crippen LogP contribution in [-0.2, 0) is 17.6 Å². The van der Waals surface area contributed by atoms with E-state index >= 15 is 0 Å². The molecule has 3 amide bonds. The largest absolute Gasteiger partial charge is 0.379 e. The van der Waals surface area contributed by atoms with Crippen LogP contribution in [0.4, 0.5) is 21.9 Å². The number of nitrogens with one attached hydrogen (secondary N) is 3. The summed E-state index contributed by atoms with van der Waals surface area (Å²) in [7, 11) is 0. The molecule has 8 nitrogen and oxygen atoms in total. The maximum atomic E-state index is 13.6. The number of piperidine rings is 1. The zero-order chi connectivity index (χ0) is 29.9. The van der Waals surface area contributed by atoms with E-state index < -0.39 is 0 Å². The molecule has 0 radical (unpaired) electrons. The number of urea groups is 1. The number of carbonyl (C=O) groups is 2. The number of benzene rings is 3. The summed E-state index contributed by atoms with van der Waals surface area (Å²) in [6.07, 6.45) is 5.02. The molecule has 2 saturated heterocycles. The molecule has 2 aliphatic heterocycles. The zero-order valence-electron chi connectivity index (χ0n) is 25.3. The van der Waals surface area contributed by atoms with Crippen LogP contribution in [0.2, 0.25) is 0 Å². The summed E-state index contributed by atoms with van der Waals surface area (Å²) in [5.41, 5.74) is 5.38. The van der Waals surface area contributed by atoms with Crippen LogP contribution in [0.3, 0.4) is 0 Å². The molecular formula is C35H45N5O3. The van der Waals surface area contributed by atoms with E-state index in [4.69, 9.17) is 4.74 Å². The van der Waals surface area contributed by atoms with Crippen LogP contribution in [0.25, 0.3) is 0 Å². The molecule has 0 spiro atoms. The standard InChI is InChI=1S/C35H45N5O3/c1-2-27-10-6-11-30(25-27)37-35(42)38-31-12-13-33(40-18-14-29(15-19-40)24-28-8-4-3-5-9-28)32(26-31)34(41)36-16-7-17-39-20-22-43-23-21-39/h3-6,8-13,25-26,29H,2,7,14-24H2,1H3,(H,36,41)(H2,37,38,42). The minimum Gasteiger partial charge on any atom is -0.379 e. The second-order valence-corrected chi connectivity index (χ2v) is 11.5. The molecule has 0 atom stereocenters. The van der Waals surface area contributed by atoms with Gasteiger partial charge in [-0.2, -0.15) is 0 Å². The van der Waals surface area contributed by atoms with E-state index in [1.165, 1.54) is 5.56 Å². The van der Waals surface area contributed by atoms with Crippen molar-refractivity contribution in [3.63, 3.8) is 0 Å². The van der Waals surface area contributed by atoms with E-state index in [0.29, 0.717) is 23.7 Å². The first-order valence-electron chi connectivity index (χ1n) is 15.8. The van der Waals surface area contributed by atoms with Gasteiger partial charge in [0, 0.05) is 49.8 Å². The molecule has 3 aromatic carbocycles. The van der Waals surface area contributed by atoms with Crippen molar-refractivity contribution in [3.8, 4) is 0 Å². The number of amides is 3. The number of carbonyl (C=O) groups excluding carboxylic acids is 2. The van der Waals surface area contributed by atoms with Gasteiger partial charge in [-0.25, -0.2) is 4.79 Å². The van der Waals surface area contributed by atoms with E-state index in [0.717, 1.165) is 95.0 Å². The molecule has 0 aromatic heterocycles. The minimum absolute atomic E-state index is 0.108. The predicted octanol–water partition coefficient (Wildman–Crippen LogP) is 5.80. The lowest BCUT2D eigenvalue weighted by Gasteiger charge is -2.35. The van der Waals surface area contributed by atoms with Crippen LogP contribution < -0.4 is 20.9 Å². The molecule has 8 heteroatoms. The number of hydrogen-bond acceptors (Lipinski definition) is 5. The average molecular weight is 584 g/mol. The highest BCUT2D eigenvalue weighted by Crippen LogP contribution is 2.30. The number of rotatable bonds is 11. The monoisotopic (exact) mass is 583 g/mol. The summed E-state index contributed by atoms with van der Waals surface area (Å²) >= 11 is 0. The summed E-state index contributed by atoms with van der Waals surface area (Å²) in [5.74, 6) is 0.523. The first-order chi connectivity index (χ1) is 21.1. The highest BCUT2D eigenvalue weighted by Gasteiger charge is 2.24. The van der Waals surface area contributed by atoms with E-state index in [2.05, 4.69) is 63.0 Å². The predicted molar refractivity (Wildman–Crippen MR) is 174 cm³/mol. The molecule has 228 valence electrons. The van der Waals surface area contributed by atoms with Gasteiger partial charge in [0.15, 0.2) is 0 Å². The quantitative estimate of drug-likeness (QED) is 0.248. The SMILES string of the molecule is CCc1cccc(NC(=O)Nc2ccc(N3CCC(Cc4ccccc4)CC3)c(C(=O)NCCCN3CCOCC3)c2)c1. The van der Waals surface area contributed by atoms with E-state index in [1.54, 1.807) is 0 Å². The van der Waals surface area contributed by atoms with Crippen LogP contribution in [0.15, 0.2) is 72.8 Å². The molecule has 0 unspecified atom stereocenters. The second kappa shape index (κ2) is 15.5. The number of anilines is 3. The van der Waals surface area contributed by atoms with Gasteiger partial charge >= 0.3 is 6.03 Å². The Balaban J connectivity index is 1.24. The van der Waals surface area contributed by atoms with Crippen molar-refractivity contribution in [1.29, 1.82) is 0 Å². The third kappa shape index (κ3) is 9.05. The highest BCUT2D eigenvalue weighted by molar-refractivity contribution is 6.04. The number of nitrogens with zero attached hydrogens (tertiary/aromatic N) is 2. The molecule has 2 aliphatic rings. The lowest BCUT2D eigenvalue weighted by atomic mass is 9.89. The summed E-state index contributed by atoms with van der Waals surface area (Å²) < 4.78 is 5.44. The van der Waals surface area contributed by atoms with Gasteiger partial charge in [0.1, 0.15) is 0 Å². The second-order valence-electron chi connectivity index (χ2n) is 11.5. The van der Waals surface area contributed by atoms with Crippen LogP contribution in [0.1, 0.15) is 47.7 Å². The Morgan fingerprint density at radius 3 is 2.30 bits per heavy atom. The molecular weight excluding hydrogens is 538 g/mol. The minimum atomic E-state index is -0.334. The van der Waals surface area contributed by atoms with Gasteiger partial charge in [0.25, 0.3) is 5.91 Å². The van der Waals surface area contributed by atoms with Crippen LogP contribution >= 0.6 is 0 Å². The van der Waals surface area contributed by atoms with Gasteiger partial charge in [-0.05, 0) is 86.0 Å². The molecule has 5 rings (SSSR count). The van der Waals surface area contributed by atoms with Crippen molar-refractivity contribution in [2.24, 2.45) is 5.92 Å². The van der Waals surface area contributed by atoms with E-state index in [1.807, 2.05) is 42.5 Å². The molecule has 3 aromatic rings. The van der Waals surface area contributed by atoms with Crippen molar-refractivity contribution in [2.75, 3.05) is 68.0 Å². The smallest absolute Gasteiger partial charge is 0.323 e. The van der Waals surface area contributed by atoms with Crippen LogP contribution in [0, 0.1) is 5.92 Å². The fourth-order valence-corrected chi connectivity index (χ4v) is 5.98. The normalized spacial score (nSPS) is 16.1.